The molecule has 1 amide bonds. The van der Waals surface area contributed by atoms with E-state index in [1.165, 1.54) is 0 Å². The van der Waals surface area contributed by atoms with Gasteiger partial charge < -0.3 is 4.90 Å². The normalized spacial score (nSPS) is 10.1. The number of likely N-dealkylation sites (N-methyl/N-ethyl adjacent to an activating group) is 1. The molecule has 0 N–H and O–H groups in total. The minimum atomic E-state index is -0.00751. The molecule has 0 spiro atoms. The fourth-order valence-electron chi connectivity index (χ4n) is 1.35. The molecule has 0 rings (SSSR count). The number of hydrogen-bond acceptors (Lipinski definition) is 4. The number of carbonyl (C=O) groups excluding carboxylic acids is 1. The van der Waals surface area contributed by atoms with Gasteiger partial charge in [0.1, 0.15) is 0 Å². The molecule has 0 aromatic heterocycles. The van der Waals surface area contributed by atoms with E-state index in [0.717, 1.165) is 0 Å². The number of rotatable bonds is 7. The third kappa shape index (κ3) is 6.55. The van der Waals surface area contributed by atoms with E-state index in [-0.39, 0.29) is 11.9 Å². The van der Waals surface area contributed by atoms with Crippen LogP contribution in [0.3, 0.4) is 0 Å². The first-order valence-electron chi connectivity index (χ1n) is 5.74. The van der Waals surface area contributed by atoms with Crippen LogP contribution in [0.15, 0.2) is 0 Å². The minimum absolute atomic E-state index is 0.00751. The Bertz CT molecular complexity index is 313. The van der Waals surface area contributed by atoms with E-state index in [1.54, 1.807) is 11.9 Å². The number of hydrogen-bond donors (Lipinski definition) is 0. The summed E-state index contributed by atoms with van der Waals surface area (Å²) in [4.78, 5) is 15.3. The Balaban J connectivity index is 4.21. The zero-order chi connectivity index (χ0) is 13.3. The third-order valence-corrected chi connectivity index (χ3v) is 2.56. The second-order valence-electron chi connectivity index (χ2n) is 4.20. The van der Waals surface area contributed by atoms with Crippen molar-refractivity contribution < 1.29 is 4.79 Å². The first-order valence-corrected chi connectivity index (χ1v) is 5.74. The monoisotopic (exact) mass is 236 g/mol. The number of carbonyl (C=O) groups is 1. The van der Waals surface area contributed by atoms with Crippen LogP contribution in [0.1, 0.15) is 26.7 Å². The lowest BCUT2D eigenvalue weighted by molar-refractivity contribution is -0.131. The van der Waals surface area contributed by atoms with Gasteiger partial charge in [0, 0.05) is 32.6 Å². The van der Waals surface area contributed by atoms with E-state index in [2.05, 4.69) is 6.07 Å². The molecule has 0 atom stereocenters. The Morgan fingerprint density at radius 1 is 1.18 bits per heavy atom. The van der Waals surface area contributed by atoms with E-state index in [1.807, 2.05) is 24.8 Å². The molecule has 0 bridgehead atoms. The standard InChI is InChI=1S/C12H20N4O/c1-11(2)16(9-5-7-14)10-12(17)15(3)8-4-6-13/h11H,4-5,8-10H2,1-3H3. The highest BCUT2D eigenvalue weighted by molar-refractivity contribution is 5.78. The summed E-state index contributed by atoms with van der Waals surface area (Å²) in [5.74, 6) is -0.00751. The van der Waals surface area contributed by atoms with Gasteiger partial charge in [0.15, 0.2) is 0 Å². The highest BCUT2D eigenvalue weighted by atomic mass is 16.2. The van der Waals surface area contributed by atoms with Crippen LogP contribution in [-0.2, 0) is 4.79 Å². The molecular formula is C12H20N4O. The van der Waals surface area contributed by atoms with E-state index < -0.39 is 0 Å². The zero-order valence-corrected chi connectivity index (χ0v) is 10.8. The zero-order valence-electron chi connectivity index (χ0n) is 10.8. The van der Waals surface area contributed by atoms with Crippen molar-refractivity contribution in [2.75, 3.05) is 26.7 Å². The van der Waals surface area contributed by atoms with Crippen molar-refractivity contribution in [1.82, 2.24) is 9.80 Å². The molecule has 0 saturated carbocycles. The maximum absolute atomic E-state index is 11.8. The number of amides is 1. The van der Waals surface area contributed by atoms with Gasteiger partial charge in [-0.2, -0.15) is 10.5 Å². The summed E-state index contributed by atoms with van der Waals surface area (Å²) in [5.41, 5.74) is 0. The molecule has 0 aromatic carbocycles. The Labute approximate surface area is 103 Å². The van der Waals surface area contributed by atoms with Crippen molar-refractivity contribution in [2.24, 2.45) is 0 Å². The van der Waals surface area contributed by atoms with Gasteiger partial charge in [-0.15, -0.1) is 0 Å². The lowest BCUT2D eigenvalue weighted by Crippen LogP contribution is -2.42. The van der Waals surface area contributed by atoms with Crippen LogP contribution < -0.4 is 0 Å². The molecule has 0 fully saturated rings. The first kappa shape index (κ1) is 15.4. The summed E-state index contributed by atoms with van der Waals surface area (Å²) in [6, 6.07) is 4.33. The van der Waals surface area contributed by atoms with Crippen molar-refractivity contribution >= 4 is 5.91 Å². The van der Waals surface area contributed by atoms with Crippen LogP contribution in [0.4, 0.5) is 0 Å². The summed E-state index contributed by atoms with van der Waals surface area (Å²) in [6.07, 6.45) is 0.773. The highest BCUT2D eigenvalue weighted by Gasteiger charge is 2.16. The van der Waals surface area contributed by atoms with Crippen LogP contribution in [0.25, 0.3) is 0 Å². The molecule has 17 heavy (non-hydrogen) atoms. The molecule has 0 unspecified atom stereocenters. The lowest BCUT2D eigenvalue weighted by atomic mass is 10.2. The molecule has 0 aliphatic carbocycles. The van der Waals surface area contributed by atoms with Crippen LogP contribution >= 0.6 is 0 Å². The molecule has 0 aromatic rings. The molecule has 0 heterocycles. The molecule has 0 aliphatic rings. The molecule has 94 valence electrons. The SMILES string of the molecule is CC(C)N(CCC#N)CC(=O)N(C)CCC#N. The maximum atomic E-state index is 11.8. The van der Waals surface area contributed by atoms with Crippen molar-refractivity contribution in [3.63, 3.8) is 0 Å². The van der Waals surface area contributed by atoms with Gasteiger partial charge in [0.25, 0.3) is 0 Å². The van der Waals surface area contributed by atoms with Gasteiger partial charge in [-0.05, 0) is 13.8 Å². The van der Waals surface area contributed by atoms with Crippen LogP contribution in [-0.4, -0.2) is 48.4 Å². The largest absolute Gasteiger partial charge is 0.344 e. The van der Waals surface area contributed by atoms with Gasteiger partial charge in [-0.1, -0.05) is 0 Å². The van der Waals surface area contributed by atoms with Crippen LogP contribution in [0, 0.1) is 22.7 Å². The van der Waals surface area contributed by atoms with E-state index >= 15 is 0 Å². The summed E-state index contributed by atoms with van der Waals surface area (Å²) >= 11 is 0. The quantitative estimate of drug-likeness (QED) is 0.660. The molecule has 0 radical (unpaired) electrons. The molecule has 0 saturated heterocycles. The van der Waals surface area contributed by atoms with Crippen LogP contribution in [0.5, 0.6) is 0 Å². The first-order chi connectivity index (χ1) is 8.02. The van der Waals surface area contributed by atoms with E-state index in [4.69, 9.17) is 10.5 Å². The molecule has 5 heteroatoms. The molecular weight excluding hydrogens is 216 g/mol. The summed E-state index contributed by atoms with van der Waals surface area (Å²) in [7, 11) is 1.70. The summed E-state index contributed by atoms with van der Waals surface area (Å²) < 4.78 is 0. The van der Waals surface area contributed by atoms with E-state index in [0.29, 0.717) is 32.5 Å². The van der Waals surface area contributed by atoms with Crippen molar-refractivity contribution in [2.45, 2.75) is 32.7 Å². The topological polar surface area (TPSA) is 71.1 Å². The van der Waals surface area contributed by atoms with Gasteiger partial charge in [0.2, 0.25) is 5.91 Å². The third-order valence-electron chi connectivity index (χ3n) is 2.56. The summed E-state index contributed by atoms with van der Waals surface area (Å²) in [6.45, 7) is 5.37. The smallest absolute Gasteiger partial charge is 0.236 e. The Morgan fingerprint density at radius 3 is 2.18 bits per heavy atom. The van der Waals surface area contributed by atoms with Crippen molar-refractivity contribution in [3.05, 3.63) is 0 Å². The van der Waals surface area contributed by atoms with Crippen LogP contribution in [0.2, 0.25) is 0 Å². The van der Waals surface area contributed by atoms with Gasteiger partial charge in [-0.3, -0.25) is 9.69 Å². The van der Waals surface area contributed by atoms with Gasteiger partial charge >= 0.3 is 0 Å². The number of nitriles is 2. The van der Waals surface area contributed by atoms with Crippen molar-refractivity contribution in [1.29, 1.82) is 10.5 Å². The Kier molecular flexibility index (Phi) is 7.75. The number of nitrogens with zero attached hydrogens (tertiary/aromatic N) is 4. The molecule has 5 nitrogen and oxygen atoms in total. The average molecular weight is 236 g/mol. The second-order valence-corrected chi connectivity index (χ2v) is 4.20. The Morgan fingerprint density at radius 2 is 1.71 bits per heavy atom. The molecule has 0 aliphatic heterocycles. The minimum Gasteiger partial charge on any atom is -0.344 e. The fourth-order valence-corrected chi connectivity index (χ4v) is 1.35. The summed E-state index contributed by atoms with van der Waals surface area (Å²) in [5, 5.41) is 17.0. The Hall–Kier alpha value is -1.59. The fraction of sp³-hybridized carbons (Fsp3) is 0.750. The van der Waals surface area contributed by atoms with Crippen molar-refractivity contribution in [3.8, 4) is 12.1 Å². The van der Waals surface area contributed by atoms with E-state index in [9.17, 15) is 4.79 Å². The maximum Gasteiger partial charge on any atom is 0.236 e. The second kappa shape index (κ2) is 8.55. The van der Waals surface area contributed by atoms with Gasteiger partial charge in [0.05, 0.1) is 25.1 Å². The lowest BCUT2D eigenvalue weighted by Gasteiger charge is -2.27. The average Bonchev–Trinajstić information content (AvgIpc) is 2.30. The predicted octanol–water partition coefficient (Wildman–Crippen LogP) is 0.983. The highest BCUT2D eigenvalue weighted by Crippen LogP contribution is 2.01. The van der Waals surface area contributed by atoms with Gasteiger partial charge in [-0.25, -0.2) is 0 Å². The predicted molar refractivity (Wildman–Crippen MR) is 64.8 cm³/mol.